The van der Waals surface area contributed by atoms with E-state index in [-0.39, 0.29) is 0 Å². The summed E-state index contributed by atoms with van der Waals surface area (Å²) < 4.78 is 28.4. The minimum Gasteiger partial charge on any atom is -0.202 e. The van der Waals surface area contributed by atoms with Gasteiger partial charge >= 0.3 is 0 Å². The fourth-order valence-electron chi connectivity index (χ4n) is 3.32. The lowest BCUT2D eigenvalue weighted by Crippen LogP contribution is -2.39. The molecule has 1 aliphatic carbocycles. The Morgan fingerprint density at radius 1 is 1.32 bits per heavy atom. The first-order chi connectivity index (χ1) is 11.9. The van der Waals surface area contributed by atoms with E-state index in [2.05, 4.69) is 30.9 Å². The van der Waals surface area contributed by atoms with Gasteiger partial charge in [0.25, 0.3) is 10.2 Å². The molecule has 0 amide bonds. The predicted molar refractivity (Wildman–Crippen MR) is 105 cm³/mol. The van der Waals surface area contributed by atoms with Gasteiger partial charge in [-0.3, -0.25) is 0 Å². The molecule has 0 radical (unpaired) electrons. The molecule has 0 bridgehead atoms. The second-order valence-electron chi connectivity index (χ2n) is 7.05. The third-order valence-electron chi connectivity index (χ3n) is 5.17. The van der Waals surface area contributed by atoms with Crippen LogP contribution in [0.5, 0.6) is 0 Å². The molecular formula is C20H32N2O2S. The highest BCUT2D eigenvalue weighted by Crippen LogP contribution is 2.29. The molecule has 1 atom stereocenters. The lowest BCUT2D eigenvalue weighted by molar-refractivity contribution is 0.458. The number of nitrogens with zero attached hydrogens (tertiary/aromatic N) is 1. The SMILES string of the molecule is C=C(/C=C\C(=C)C1=CCC(CC)CC1)CCNS(=O)(=O)N1CCCC1. The van der Waals surface area contributed by atoms with Crippen LogP contribution in [0.2, 0.25) is 0 Å². The van der Waals surface area contributed by atoms with Crippen LogP contribution in [0.15, 0.2) is 48.1 Å². The monoisotopic (exact) mass is 364 g/mol. The Kier molecular flexibility index (Phi) is 7.66. The Bertz CT molecular complexity index is 641. The van der Waals surface area contributed by atoms with Crippen molar-refractivity contribution < 1.29 is 8.42 Å². The lowest BCUT2D eigenvalue weighted by Gasteiger charge is -2.20. The second kappa shape index (κ2) is 9.51. The normalized spacial score (nSPS) is 22.3. The molecule has 0 aromatic carbocycles. The van der Waals surface area contributed by atoms with Gasteiger partial charge in [0, 0.05) is 19.6 Å². The van der Waals surface area contributed by atoms with Crippen molar-refractivity contribution in [3.05, 3.63) is 48.1 Å². The Morgan fingerprint density at radius 2 is 2.04 bits per heavy atom. The minimum atomic E-state index is -3.32. The lowest BCUT2D eigenvalue weighted by atomic mass is 9.85. The first-order valence-corrected chi connectivity index (χ1v) is 10.8. The van der Waals surface area contributed by atoms with Crippen molar-refractivity contribution in [2.24, 2.45) is 5.92 Å². The van der Waals surface area contributed by atoms with Gasteiger partial charge in [-0.05, 0) is 55.6 Å². The molecule has 5 heteroatoms. The summed E-state index contributed by atoms with van der Waals surface area (Å²) in [5, 5.41) is 0. The van der Waals surface area contributed by atoms with Crippen LogP contribution in [0, 0.1) is 5.92 Å². The maximum absolute atomic E-state index is 12.1. The summed E-state index contributed by atoms with van der Waals surface area (Å²) in [4.78, 5) is 0. The number of nitrogens with one attached hydrogen (secondary N) is 1. The molecule has 2 rings (SSSR count). The maximum atomic E-state index is 12.1. The minimum absolute atomic E-state index is 0.384. The Morgan fingerprint density at radius 3 is 2.64 bits per heavy atom. The van der Waals surface area contributed by atoms with E-state index in [9.17, 15) is 8.42 Å². The van der Waals surface area contributed by atoms with Crippen molar-refractivity contribution in [2.45, 2.75) is 51.9 Å². The van der Waals surface area contributed by atoms with Crippen molar-refractivity contribution in [2.75, 3.05) is 19.6 Å². The summed E-state index contributed by atoms with van der Waals surface area (Å²) in [7, 11) is -3.32. The number of allylic oxidation sites excluding steroid dienone is 5. The standard InChI is InChI=1S/C20H32N2O2S/c1-4-19-9-11-20(12-10-19)18(3)8-7-17(2)13-14-21-25(23,24)22-15-5-6-16-22/h7-8,11,19,21H,2-6,9-10,12-16H2,1H3/b8-7-. The average molecular weight is 365 g/mol. The van der Waals surface area contributed by atoms with Gasteiger partial charge in [-0.15, -0.1) is 0 Å². The molecule has 1 heterocycles. The van der Waals surface area contributed by atoms with Crippen molar-refractivity contribution in [3.8, 4) is 0 Å². The molecule has 1 saturated heterocycles. The van der Waals surface area contributed by atoms with E-state index in [1.165, 1.54) is 22.7 Å². The van der Waals surface area contributed by atoms with Crippen LogP contribution in [0.1, 0.15) is 51.9 Å². The molecule has 0 saturated carbocycles. The summed E-state index contributed by atoms with van der Waals surface area (Å²) in [6, 6.07) is 0. The molecule has 2 aliphatic rings. The molecule has 1 aliphatic heterocycles. The maximum Gasteiger partial charge on any atom is 0.279 e. The van der Waals surface area contributed by atoms with E-state index in [1.807, 2.05) is 12.2 Å². The molecule has 25 heavy (non-hydrogen) atoms. The topological polar surface area (TPSA) is 49.4 Å². The number of hydrogen-bond donors (Lipinski definition) is 1. The zero-order valence-corrected chi connectivity index (χ0v) is 16.3. The largest absolute Gasteiger partial charge is 0.279 e. The zero-order valence-electron chi connectivity index (χ0n) is 15.5. The van der Waals surface area contributed by atoms with E-state index < -0.39 is 10.2 Å². The molecule has 0 aromatic rings. The van der Waals surface area contributed by atoms with Crippen LogP contribution >= 0.6 is 0 Å². The fraction of sp³-hybridized carbons (Fsp3) is 0.600. The van der Waals surface area contributed by atoms with Crippen LogP contribution in [-0.4, -0.2) is 32.4 Å². The van der Waals surface area contributed by atoms with E-state index in [1.54, 1.807) is 0 Å². The fourth-order valence-corrected chi connectivity index (χ4v) is 4.60. The Hall–Kier alpha value is -1.17. The van der Waals surface area contributed by atoms with Gasteiger partial charge in [-0.2, -0.15) is 12.7 Å². The van der Waals surface area contributed by atoms with Crippen LogP contribution in [0.25, 0.3) is 0 Å². The number of hydrogen-bond acceptors (Lipinski definition) is 2. The van der Waals surface area contributed by atoms with Gasteiger partial charge in [0.1, 0.15) is 0 Å². The van der Waals surface area contributed by atoms with Crippen molar-refractivity contribution in [3.63, 3.8) is 0 Å². The summed E-state index contributed by atoms with van der Waals surface area (Å²) in [5.41, 5.74) is 3.30. The Balaban J connectivity index is 1.73. The predicted octanol–water partition coefficient (Wildman–Crippen LogP) is 4.11. The molecular weight excluding hydrogens is 332 g/mol. The van der Waals surface area contributed by atoms with Gasteiger partial charge in [-0.25, -0.2) is 4.72 Å². The van der Waals surface area contributed by atoms with Gasteiger partial charge in [0.15, 0.2) is 0 Å². The molecule has 140 valence electrons. The van der Waals surface area contributed by atoms with E-state index >= 15 is 0 Å². The third-order valence-corrected chi connectivity index (χ3v) is 6.78. The highest BCUT2D eigenvalue weighted by molar-refractivity contribution is 7.87. The molecule has 0 spiro atoms. The summed E-state index contributed by atoms with van der Waals surface area (Å²) in [5.74, 6) is 0.819. The number of rotatable bonds is 9. The van der Waals surface area contributed by atoms with Gasteiger partial charge < -0.3 is 0 Å². The van der Waals surface area contributed by atoms with Gasteiger partial charge in [0.2, 0.25) is 0 Å². The highest BCUT2D eigenvalue weighted by atomic mass is 32.2. The average Bonchev–Trinajstić information content (AvgIpc) is 3.15. The van der Waals surface area contributed by atoms with E-state index in [4.69, 9.17) is 0 Å². The van der Waals surface area contributed by atoms with Crippen LogP contribution in [0.3, 0.4) is 0 Å². The second-order valence-corrected chi connectivity index (χ2v) is 8.81. The van der Waals surface area contributed by atoms with E-state index in [0.29, 0.717) is 26.1 Å². The van der Waals surface area contributed by atoms with Crippen LogP contribution in [-0.2, 0) is 10.2 Å². The summed E-state index contributed by atoms with van der Waals surface area (Å²) in [6.45, 7) is 12.1. The molecule has 4 nitrogen and oxygen atoms in total. The first-order valence-electron chi connectivity index (χ1n) is 9.41. The molecule has 1 unspecified atom stereocenters. The third kappa shape index (κ3) is 6.24. The van der Waals surface area contributed by atoms with Crippen LogP contribution in [0.4, 0.5) is 0 Å². The van der Waals surface area contributed by atoms with Gasteiger partial charge in [-0.1, -0.05) is 50.3 Å². The first kappa shape index (κ1) is 20.1. The van der Waals surface area contributed by atoms with E-state index in [0.717, 1.165) is 42.7 Å². The smallest absolute Gasteiger partial charge is 0.202 e. The van der Waals surface area contributed by atoms with Gasteiger partial charge in [0.05, 0.1) is 0 Å². The zero-order chi connectivity index (χ0) is 18.3. The highest BCUT2D eigenvalue weighted by Gasteiger charge is 2.24. The summed E-state index contributed by atoms with van der Waals surface area (Å²) in [6.07, 6.45) is 13.5. The van der Waals surface area contributed by atoms with Crippen molar-refractivity contribution in [1.29, 1.82) is 0 Å². The molecule has 0 aromatic heterocycles. The quantitative estimate of drug-likeness (QED) is 0.626. The molecule has 1 N–H and O–H groups in total. The van der Waals surface area contributed by atoms with Crippen molar-refractivity contribution >= 4 is 10.2 Å². The summed E-state index contributed by atoms with van der Waals surface area (Å²) >= 11 is 0. The van der Waals surface area contributed by atoms with Crippen molar-refractivity contribution in [1.82, 2.24) is 9.03 Å². The Labute approximate surface area is 153 Å². The van der Waals surface area contributed by atoms with Crippen LogP contribution < -0.4 is 4.72 Å². The molecule has 1 fully saturated rings.